The molecule has 3 heterocycles. The number of carbonyl (C=O) groups is 4. The van der Waals surface area contributed by atoms with Gasteiger partial charge in [0.25, 0.3) is 11.8 Å². The quantitative estimate of drug-likeness (QED) is 0.0351. The number of esters is 1. The first-order valence-corrected chi connectivity index (χ1v) is 19.3. The zero-order valence-electron chi connectivity index (χ0n) is 30.9. The molecule has 0 aliphatic carbocycles. The number of nitrogens with two attached hydrogens (primary N) is 1. The summed E-state index contributed by atoms with van der Waals surface area (Å²) in [5, 5.41) is 7.37. The number of ether oxygens (including phenoxy) is 1. The largest absolute Gasteiger partial charge is 0.448 e. The fraction of sp³-hybridized carbons (Fsp3) is 0.133. The second-order valence-electron chi connectivity index (χ2n) is 13.6. The average Bonchev–Trinajstić information content (AvgIpc) is 3.72. The number of nitrogens with zero attached hydrogens (tertiary/aromatic N) is 4. The SMILES string of the molecule is Nc1nc(/C(=N\OC(c2ccccc2)(c2ccccc2)c2ccccc2)C(=O)NC2C(=O)N3C(C(=O)OC(c4ccccc4)c4ccccc4)=C(C=O)CC[C@H]23)ns1. The van der Waals surface area contributed by atoms with Gasteiger partial charge in [-0.15, -0.1) is 0 Å². The van der Waals surface area contributed by atoms with Gasteiger partial charge in [0, 0.05) is 33.8 Å². The van der Waals surface area contributed by atoms with Crippen LogP contribution >= 0.6 is 11.5 Å². The summed E-state index contributed by atoms with van der Waals surface area (Å²) in [6.07, 6.45) is 0.240. The summed E-state index contributed by atoms with van der Waals surface area (Å²) < 4.78 is 10.4. The van der Waals surface area contributed by atoms with Gasteiger partial charge in [0.05, 0.1) is 6.04 Å². The Bertz CT molecular complexity index is 2360. The highest BCUT2D eigenvalue weighted by molar-refractivity contribution is 7.09. The summed E-state index contributed by atoms with van der Waals surface area (Å²) in [4.78, 5) is 66.8. The minimum atomic E-state index is -1.34. The maximum absolute atomic E-state index is 14.3. The summed E-state index contributed by atoms with van der Waals surface area (Å²) in [6.45, 7) is 0. The van der Waals surface area contributed by atoms with Crippen LogP contribution in [0.5, 0.6) is 0 Å². The van der Waals surface area contributed by atoms with Gasteiger partial charge in [0.2, 0.25) is 17.1 Å². The lowest BCUT2D eigenvalue weighted by atomic mass is 9.80. The van der Waals surface area contributed by atoms with Gasteiger partial charge >= 0.3 is 5.97 Å². The van der Waals surface area contributed by atoms with Gasteiger partial charge in [0.1, 0.15) is 18.0 Å². The normalized spacial score (nSPS) is 16.6. The molecule has 288 valence electrons. The molecule has 8 rings (SSSR count). The molecule has 5 aromatic carbocycles. The Labute approximate surface area is 337 Å². The summed E-state index contributed by atoms with van der Waals surface area (Å²) in [5.74, 6) is -2.34. The molecule has 0 spiro atoms. The molecule has 2 aliphatic rings. The van der Waals surface area contributed by atoms with Crippen molar-refractivity contribution in [1.82, 2.24) is 19.6 Å². The van der Waals surface area contributed by atoms with Crippen molar-refractivity contribution in [3.05, 3.63) is 197 Å². The zero-order valence-corrected chi connectivity index (χ0v) is 31.7. The number of aromatic nitrogens is 2. The van der Waals surface area contributed by atoms with Crippen molar-refractivity contribution >= 4 is 46.4 Å². The second-order valence-corrected chi connectivity index (χ2v) is 14.4. The molecule has 0 bridgehead atoms. The van der Waals surface area contributed by atoms with E-state index in [9.17, 15) is 19.2 Å². The average molecular weight is 789 g/mol. The minimum Gasteiger partial charge on any atom is -0.448 e. The molecule has 1 fully saturated rings. The van der Waals surface area contributed by atoms with Crippen molar-refractivity contribution in [2.24, 2.45) is 5.16 Å². The molecule has 13 heteroatoms. The van der Waals surface area contributed by atoms with Crippen molar-refractivity contribution in [1.29, 1.82) is 0 Å². The molecule has 0 radical (unpaired) electrons. The molecule has 2 aliphatic heterocycles. The molecule has 2 amide bonds. The molecule has 6 aromatic rings. The Balaban J connectivity index is 1.10. The highest BCUT2D eigenvalue weighted by Gasteiger charge is 2.54. The number of allylic oxidation sites excluding steroid dienone is 1. The second kappa shape index (κ2) is 16.5. The van der Waals surface area contributed by atoms with E-state index in [1.165, 1.54) is 4.90 Å². The van der Waals surface area contributed by atoms with Crippen LogP contribution in [0.4, 0.5) is 5.13 Å². The van der Waals surface area contributed by atoms with E-state index in [2.05, 4.69) is 19.8 Å². The van der Waals surface area contributed by atoms with Crippen molar-refractivity contribution in [2.75, 3.05) is 5.73 Å². The molecule has 12 nitrogen and oxygen atoms in total. The predicted octanol–water partition coefficient (Wildman–Crippen LogP) is 6.11. The monoisotopic (exact) mass is 788 g/mol. The summed E-state index contributed by atoms with van der Waals surface area (Å²) in [6, 6.07) is 45.1. The number of oxime groups is 1. The zero-order chi connectivity index (χ0) is 40.1. The van der Waals surface area contributed by atoms with Gasteiger partial charge in [0.15, 0.2) is 11.2 Å². The Morgan fingerprint density at radius 1 is 0.810 bits per heavy atom. The molecule has 2 atom stereocenters. The standard InChI is InChI=1S/C45H36N6O6S/c46-44-48-40(50-58-44)37(49-57-45(32-20-10-3-11-21-32,33-22-12-4-13-23-33)34-24-14-5-15-25-34)41(53)47-36-35-27-26-31(28-52)38(51(35)42(36)54)43(55)56-39(29-16-6-1-7-17-29)30-18-8-2-9-19-30/h1-25,28,35-36,39H,26-27H2,(H,47,53)(H2,46,48,50)/b49-37+/t35-,36?/m1/s1. The third-order valence-corrected chi connectivity index (χ3v) is 10.8. The predicted molar refractivity (Wildman–Crippen MR) is 217 cm³/mol. The van der Waals surface area contributed by atoms with Crippen molar-refractivity contribution in [3.63, 3.8) is 0 Å². The van der Waals surface area contributed by atoms with Gasteiger partial charge in [-0.2, -0.15) is 9.36 Å². The third-order valence-electron chi connectivity index (χ3n) is 10.2. The Hall–Kier alpha value is -7.25. The maximum Gasteiger partial charge on any atom is 0.356 e. The van der Waals surface area contributed by atoms with E-state index >= 15 is 0 Å². The van der Waals surface area contributed by atoms with E-state index in [-0.39, 0.29) is 34.4 Å². The summed E-state index contributed by atoms with van der Waals surface area (Å²) in [5.41, 5.74) is 7.91. The fourth-order valence-electron chi connectivity index (χ4n) is 7.46. The van der Waals surface area contributed by atoms with Crippen LogP contribution < -0.4 is 11.1 Å². The number of nitrogens with one attached hydrogen (secondary N) is 1. The maximum atomic E-state index is 14.3. The van der Waals surface area contributed by atoms with Gasteiger partial charge in [-0.3, -0.25) is 19.3 Å². The number of hydrogen-bond acceptors (Lipinski definition) is 11. The van der Waals surface area contributed by atoms with Crippen LogP contribution in [0.25, 0.3) is 0 Å². The van der Waals surface area contributed by atoms with Crippen molar-refractivity contribution in [3.8, 4) is 0 Å². The summed E-state index contributed by atoms with van der Waals surface area (Å²) in [7, 11) is 0. The molecule has 1 saturated heterocycles. The van der Waals surface area contributed by atoms with Gasteiger partial charge in [-0.1, -0.05) is 157 Å². The van der Waals surface area contributed by atoms with E-state index in [0.29, 0.717) is 23.8 Å². The Kier molecular flexibility index (Phi) is 10.7. The van der Waals surface area contributed by atoms with E-state index in [1.54, 1.807) is 0 Å². The van der Waals surface area contributed by atoms with E-state index < -0.39 is 41.6 Å². The third kappa shape index (κ3) is 7.14. The first-order chi connectivity index (χ1) is 28.4. The Morgan fingerprint density at radius 3 is 1.78 bits per heavy atom. The van der Waals surface area contributed by atoms with Crippen LogP contribution in [-0.2, 0) is 34.4 Å². The van der Waals surface area contributed by atoms with Crippen molar-refractivity contribution < 1.29 is 28.8 Å². The number of rotatable bonds is 13. The molecule has 0 saturated carbocycles. The first-order valence-electron chi connectivity index (χ1n) is 18.5. The topological polar surface area (TPSA) is 166 Å². The number of hydrogen-bond donors (Lipinski definition) is 2. The lowest BCUT2D eigenvalue weighted by Crippen LogP contribution is -2.72. The van der Waals surface area contributed by atoms with Crippen LogP contribution in [0.3, 0.4) is 0 Å². The molecule has 1 aromatic heterocycles. The number of benzene rings is 5. The number of anilines is 1. The molecule has 1 unspecified atom stereocenters. The van der Waals surface area contributed by atoms with Crippen molar-refractivity contribution in [2.45, 2.75) is 36.6 Å². The van der Waals surface area contributed by atoms with E-state index in [1.807, 2.05) is 152 Å². The molecule has 58 heavy (non-hydrogen) atoms. The van der Waals surface area contributed by atoms with Crippen LogP contribution in [0, 0.1) is 0 Å². The number of carbonyl (C=O) groups excluding carboxylic acids is 4. The molecular formula is C45H36N6O6S. The van der Waals surface area contributed by atoms with Crippen LogP contribution in [0.2, 0.25) is 0 Å². The number of nitrogen functional groups attached to an aromatic ring is 1. The smallest absolute Gasteiger partial charge is 0.356 e. The fourth-order valence-corrected chi connectivity index (χ4v) is 7.89. The number of aldehydes is 1. The lowest BCUT2D eigenvalue weighted by Gasteiger charge is -2.50. The molecule has 3 N–H and O–H groups in total. The number of β-lactam (4-membered cyclic amide) rings is 1. The van der Waals surface area contributed by atoms with Crippen LogP contribution in [-0.4, -0.2) is 56.1 Å². The van der Waals surface area contributed by atoms with Gasteiger partial charge in [-0.05, 0) is 24.0 Å². The van der Waals surface area contributed by atoms with Crippen LogP contribution in [0.1, 0.15) is 52.6 Å². The van der Waals surface area contributed by atoms with Crippen LogP contribution in [0.15, 0.2) is 168 Å². The van der Waals surface area contributed by atoms with E-state index in [0.717, 1.165) is 28.2 Å². The van der Waals surface area contributed by atoms with Gasteiger partial charge in [-0.25, -0.2) is 4.79 Å². The van der Waals surface area contributed by atoms with E-state index in [4.69, 9.17) is 15.3 Å². The summed E-state index contributed by atoms with van der Waals surface area (Å²) >= 11 is 0.872. The highest BCUT2D eigenvalue weighted by atomic mass is 32.1. The number of fused-ring (bicyclic) bond motifs is 1. The highest BCUT2D eigenvalue weighted by Crippen LogP contribution is 2.41. The Morgan fingerprint density at radius 2 is 1.31 bits per heavy atom. The minimum absolute atomic E-state index is 0.0908. The number of amides is 2. The van der Waals surface area contributed by atoms with Gasteiger partial charge < -0.3 is 20.6 Å². The molecular weight excluding hydrogens is 753 g/mol. The lowest BCUT2D eigenvalue weighted by molar-refractivity contribution is -0.159. The first kappa shape index (κ1) is 37.7.